The summed E-state index contributed by atoms with van der Waals surface area (Å²) in [6.45, 7) is 1.27. The van der Waals surface area contributed by atoms with Crippen molar-refractivity contribution in [1.82, 2.24) is 24.3 Å². The van der Waals surface area contributed by atoms with E-state index < -0.39 is 10.0 Å². The molecule has 1 aliphatic rings. The Kier molecular flexibility index (Phi) is 5.94. The quantitative estimate of drug-likeness (QED) is 0.628. The van der Waals surface area contributed by atoms with E-state index in [-0.39, 0.29) is 17.0 Å². The molecule has 4 rings (SSSR count). The largest absolute Gasteiger partial charge is 0.332 e. The first-order valence-electron chi connectivity index (χ1n) is 9.64. The van der Waals surface area contributed by atoms with Crippen LogP contribution in [0.5, 0.6) is 0 Å². The van der Waals surface area contributed by atoms with E-state index in [1.165, 1.54) is 0 Å². The Morgan fingerprint density at radius 2 is 1.83 bits per heavy atom. The monoisotopic (exact) mass is 447 g/mol. The Labute approximate surface area is 179 Å². The molecule has 0 atom stereocenters. The number of nitrogens with zero attached hydrogens (tertiary/aromatic N) is 3. The molecule has 8 nitrogen and oxygen atoms in total. The molecule has 0 spiro atoms. The van der Waals surface area contributed by atoms with Crippen molar-refractivity contribution < 1.29 is 13.2 Å². The molecular formula is C20H22ClN5O3S. The number of carbonyl (C=O) groups excluding carboxylic acids is 1. The maximum atomic E-state index is 12.5. The minimum atomic E-state index is -3.55. The average molecular weight is 448 g/mol. The number of amides is 2. The molecule has 0 bridgehead atoms. The number of likely N-dealkylation sites (tertiary alicyclic amines) is 1. The Bertz CT molecular complexity index is 1140. The highest BCUT2D eigenvalue weighted by molar-refractivity contribution is 7.89. The lowest BCUT2D eigenvalue weighted by Gasteiger charge is -2.32. The fourth-order valence-electron chi connectivity index (χ4n) is 3.47. The van der Waals surface area contributed by atoms with Crippen LogP contribution in [-0.4, -0.2) is 47.9 Å². The number of carbonyl (C=O) groups is 1. The number of aromatic nitrogens is 2. The molecule has 2 N–H and O–H groups in total. The predicted molar refractivity (Wildman–Crippen MR) is 114 cm³/mol. The Balaban J connectivity index is 1.27. The van der Waals surface area contributed by atoms with Gasteiger partial charge in [-0.2, -0.15) is 0 Å². The number of nitrogens with one attached hydrogen (secondary N) is 2. The molecule has 1 fully saturated rings. The second-order valence-corrected chi connectivity index (χ2v) is 9.35. The van der Waals surface area contributed by atoms with Crippen molar-refractivity contribution in [3.05, 3.63) is 65.6 Å². The van der Waals surface area contributed by atoms with Gasteiger partial charge in [-0.1, -0.05) is 29.8 Å². The van der Waals surface area contributed by atoms with Crippen LogP contribution in [0, 0.1) is 0 Å². The van der Waals surface area contributed by atoms with Crippen LogP contribution < -0.4 is 10.0 Å². The molecule has 1 saturated heterocycles. The van der Waals surface area contributed by atoms with Crippen LogP contribution in [-0.2, 0) is 16.6 Å². The van der Waals surface area contributed by atoms with E-state index in [0.29, 0.717) is 37.5 Å². The number of imidazole rings is 1. The molecule has 0 aliphatic carbocycles. The van der Waals surface area contributed by atoms with E-state index in [2.05, 4.69) is 15.0 Å². The van der Waals surface area contributed by atoms with Gasteiger partial charge in [-0.25, -0.2) is 22.9 Å². The molecule has 3 aromatic rings. The molecule has 0 saturated carbocycles. The average Bonchev–Trinajstić information content (AvgIpc) is 3.15. The van der Waals surface area contributed by atoms with Gasteiger partial charge in [0.1, 0.15) is 5.65 Å². The summed E-state index contributed by atoms with van der Waals surface area (Å²) >= 11 is 5.98. The number of fused-ring (bicyclic) bond motifs is 1. The minimum Gasteiger partial charge on any atom is -0.332 e. The zero-order chi connectivity index (χ0) is 21.1. The van der Waals surface area contributed by atoms with Gasteiger partial charge in [-0.05, 0) is 37.1 Å². The molecule has 0 unspecified atom stereocenters. The highest BCUT2D eigenvalue weighted by Gasteiger charge is 2.26. The summed E-state index contributed by atoms with van der Waals surface area (Å²) in [5, 5.41) is 3.48. The second kappa shape index (κ2) is 8.63. The zero-order valence-electron chi connectivity index (χ0n) is 16.2. The third-order valence-corrected chi connectivity index (χ3v) is 6.80. The van der Waals surface area contributed by atoms with Crippen LogP contribution in [0.25, 0.3) is 5.65 Å². The van der Waals surface area contributed by atoms with Crippen LogP contribution in [0.2, 0.25) is 5.02 Å². The molecule has 1 aliphatic heterocycles. The number of pyridine rings is 1. The van der Waals surface area contributed by atoms with Gasteiger partial charge in [-0.15, -0.1) is 0 Å². The van der Waals surface area contributed by atoms with E-state index in [4.69, 9.17) is 11.6 Å². The first-order valence-corrected chi connectivity index (χ1v) is 11.5. The number of rotatable bonds is 5. The molecule has 0 radical (unpaired) electrons. The number of piperidine rings is 1. The van der Waals surface area contributed by atoms with Crippen molar-refractivity contribution in [3.8, 4) is 0 Å². The Hall–Kier alpha value is -2.62. The van der Waals surface area contributed by atoms with Crippen molar-refractivity contribution >= 4 is 33.3 Å². The Morgan fingerprint density at radius 1 is 1.10 bits per heavy atom. The summed E-state index contributed by atoms with van der Waals surface area (Å²) in [6.07, 6.45) is 4.71. The Morgan fingerprint density at radius 3 is 2.57 bits per heavy atom. The maximum Gasteiger partial charge on any atom is 0.317 e. The molecule has 3 heterocycles. The molecule has 2 aromatic heterocycles. The number of benzene rings is 1. The summed E-state index contributed by atoms with van der Waals surface area (Å²) in [6, 6.07) is 11.5. The van der Waals surface area contributed by atoms with Crippen LogP contribution in [0.4, 0.5) is 4.79 Å². The van der Waals surface area contributed by atoms with Crippen molar-refractivity contribution in [3.63, 3.8) is 0 Å². The van der Waals surface area contributed by atoms with Gasteiger partial charge < -0.3 is 14.6 Å². The SMILES string of the molecule is O=C(NCc1cn2cc(Cl)ccc2n1)N1CCC(NS(=O)(=O)c2ccccc2)CC1. The lowest BCUT2D eigenvalue weighted by Crippen LogP contribution is -2.49. The number of hydrogen-bond acceptors (Lipinski definition) is 4. The van der Waals surface area contributed by atoms with Gasteiger partial charge in [0.25, 0.3) is 0 Å². The van der Waals surface area contributed by atoms with Gasteiger partial charge in [0, 0.05) is 31.5 Å². The van der Waals surface area contributed by atoms with Gasteiger partial charge in [0.05, 0.1) is 22.2 Å². The highest BCUT2D eigenvalue weighted by atomic mass is 35.5. The van der Waals surface area contributed by atoms with Crippen LogP contribution >= 0.6 is 11.6 Å². The van der Waals surface area contributed by atoms with Crippen molar-refractivity contribution in [2.24, 2.45) is 0 Å². The number of urea groups is 1. The van der Waals surface area contributed by atoms with Crippen molar-refractivity contribution in [1.29, 1.82) is 0 Å². The van der Waals surface area contributed by atoms with Crippen LogP contribution in [0.15, 0.2) is 59.8 Å². The van der Waals surface area contributed by atoms with E-state index in [1.807, 2.05) is 16.7 Å². The van der Waals surface area contributed by atoms with Gasteiger partial charge >= 0.3 is 6.03 Å². The lowest BCUT2D eigenvalue weighted by atomic mass is 10.1. The predicted octanol–water partition coefficient (Wildman–Crippen LogP) is 2.64. The third-order valence-electron chi connectivity index (χ3n) is 5.04. The second-order valence-electron chi connectivity index (χ2n) is 7.20. The highest BCUT2D eigenvalue weighted by Crippen LogP contribution is 2.15. The van der Waals surface area contributed by atoms with Crippen LogP contribution in [0.3, 0.4) is 0 Å². The lowest BCUT2D eigenvalue weighted by molar-refractivity contribution is 0.179. The molecule has 30 heavy (non-hydrogen) atoms. The summed E-state index contributed by atoms with van der Waals surface area (Å²) in [7, 11) is -3.55. The van der Waals surface area contributed by atoms with E-state index in [9.17, 15) is 13.2 Å². The standard InChI is InChI=1S/C20H22ClN5O3S/c21-15-6-7-19-23-17(14-26(19)13-15)12-22-20(27)25-10-8-16(9-11-25)24-30(28,29)18-4-2-1-3-5-18/h1-7,13-14,16,24H,8-12H2,(H,22,27). The number of sulfonamides is 1. The van der Waals surface area contributed by atoms with Gasteiger partial charge in [-0.3, -0.25) is 0 Å². The third kappa shape index (κ3) is 4.75. The number of halogens is 1. The first-order chi connectivity index (χ1) is 14.4. The summed E-state index contributed by atoms with van der Waals surface area (Å²) in [4.78, 5) is 18.9. The summed E-state index contributed by atoms with van der Waals surface area (Å²) < 4.78 is 29.5. The minimum absolute atomic E-state index is 0.186. The summed E-state index contributed by atoms with van der Waals surface area (Å²) in [5.41, 5.74) is 1.49. The maximum absolute atomic E-state index is 12.5. The van der Waals surface area contributed by atoms with Crippen molar-refractivity contribution in [2.45, 2.75) is 30.3 Å². The number of hydrogen-bond donors (Lipinski definition) is 2. The first kappa shape index (κ1) is 20.6. The topological polar surface area (TPSA) is 95.8 Å². The normalized spacial score (nSPS) is 15.4. The van der Waals surface area contributed by atoms with Crippen LogP contribution in [0.1, 0.15) is 18.5 Å². The smallest absolute Gasteiger partial charge is 0.317 e. The van der Waals surface area contributed by atoms with E-state index in [0.717, 1.165) is 11.3 Å². The fourth-order valence-corrected chi connectivity index (χ4v) is 4.96. The van der Waals surface area contributed by atoms with Crippen molar-refractivity contribution in [2.75, 3.05) is 13.1 Å². The van der Waals surface area contributed by atoms with Gasteiger partial charge in [0.15, 0.2) is 0 Å². The molecule has 158 valence electrons. The van der Waals surface area contributed by atoms with E-state index in [1.54, 1.807) is 47.5 Å². The van der Waals surface area contributed by atoms with Gasteiger partial charge in [0.2, 0.25) is 10.0 Å². The zero-order valence-corrected chi connectivity index (χ0v) is 17.7. The molecular weight excluding hydrogens is 426 g/mol. The molecule has 1 aromatic carbocycles. The molecule has 2 amide bonds. The summed E-state index contributed by atoms with van der Waals surface area (Å²) in [5.74, 6) is 0. The van der Waals surface area contributed by atoms with E-state index >= 15 is 0 Å². The fraction of sp³-hybridized carbons (Fsp3) is 0.300. The molecule has 10 heteroatoms.